The molecule has 2 atom stereocenters. The monoisotopic (exact) mass is 262 g/mol. The lowest BCUT2D eigenvalue weighted by molar-refractivity contribution is -0.143. The number of hydrogen-bond donors (Lipinski definition) is 1. The van der Waals surface area contributed by atoms with Gasteiger partial charge in [0.05, 0.1) is 19.3 Å². The summed E-state index contributed by atoms with van der Waals surface area (Å²) in [7, 11) is 0. The van der Waals surface area contributed by atoms with E-state index in [1.807, 2.05) is 30.0 Å². The van der Waals surface area contributed by atoms with Crippen molar-refractivity contribution >= 4 is 5.91 Å². The summed E-state index contributed by atoms with van der Waals surface area (Å²) in [6.45, 7) is 4.18. The van der Waals surface area contributed by atoms with Crippen LogP contribution in [-0.4, -0.2) is 43.2 Å². The number of ether oxygens (including phenoxy) is 1. The third kappa shape index (κ3) is 3.55. The normalized spacial score (nSPS) is 21.2. The van der Waals surface area contributed by atoms with Crippen molar-refractivity contribution in [2.75, 3.05) is 26.3 Å². The fourth-order valence-electron chi connectivity index (χ4n) is 2.38. The summed E-state index contributed by atoms with van der Waals surface area (Å²) in [5, 5.41) is 0. The molecule has 1 saturated heterocycles. The second-order valence-electron chi connectivity index (χ2n) is 5.09. The molecular weight excluding hydrogens is 240 g/mol. The Hall–Kier alpha value is -1.39. The van der Waals surface area contributed by atoms with E-state index >= 15 is 0 Å². The predicted octanol–water partition coefficient (Wildman–Crippen LogP) is 1.05. The van der Waals surface area contributed by atoms with Crippen molar-refractivity contribution in [1.29, 1.82) is 0 Å². The van der Waals surface area contributed by atoms with Crippen LogP contribution in [0.2, 0.25) is 0 Å². The Morgan fingerprint density at radius 1 is 1.47 bits per heavy atom. The second kappa shape index (κ2) is 6.68. The average Bonchev–Trinajstić information content (AvgIpc) is 2.47. The number of hydrogen-bond acceptors (Lipinski definition) is 3. The molecule has 4 nitrogen and oxygen atoms in total. The van der Waals surface area contributed by atoms with Gasteiger partial charge in [-0.3, -0.25) is 4.79 Å². The fraction of sp³-hybridized carbons (Fsp3) is 0.533. The number of nitrogens with two attached hydrogens (primary N) is 1. The average molecular weight is 262 g/mol. The van der Waals surface area contributed by atoms with E-state index in [0.717, 1.165) is 6.42 Å². The van der Waals surface area contributed by atoms with E-state index < -0.39 is 0 Å². The van der Waals surface area contributed by atoms with E-state index in [4.69, 9.17) is 10.5 Å². The Bertz CT molecular complexity index is 408. The minimum Gasteiger partial charge on any atom is -0.377 e. The molecule has 0 aromatic heterocycles. The molecule has 0 aliphatic carbocycles. The molecule has 2 N–H and O–H groups in total. The Morgan fingerprint density at radius 3 is 2.89 bits per heavy atom. The third-order valence-electron chi connectivity index (χ3n) is 3.60. The molecule has 0 bridgehead atoms. The maximum Gasteiger partial charge on any atom is 0.227 e. The molecule has 1 aromatic rings. The van der Waals surface area contributed by atoms with Crippen molar-refractivity contribution in [1.82, 2.24) is 4.90 Å². The minimum atomic E-state index is -0.114. The zero-order chi connectivity index (χ0) is 13.7. The molecule has 0 spiro atoms. The molecule has 2 unspecified atom stereocenters. The van der Waals surface area contributed by atoms with Crippen LogP contribution in [0.5, 0.6) is 0 Å². The van der Waals surface area contributed by atoms with E-state index in [2.05, 4.69) is 12.1 Å². The Morgan fingerprint density at radius 2 is 2.21 bits per heavy atom. The molecule has 4 heteroatoms. The lowest BCUT2D eigenvalue weighted by atomic mass is 10.0. The van der Waals surface area contributed by atoms with Gasteiger partial charge in [0, 0.05) is 19.0 Å². The summed E-state index contributed by atoms with van der Waals surface area (Å²) < 4.78 is 5.52. The summed E-state index contributed by atoms with van der Waals surface area (Å²) in [6.07, 6.45) is 0.837. The molecule has 1 amide bonds. The van der Waals surface area contributed by atoms with Crippen molar-refractivity contribution in [3.63, 3.8) is 0 Å². The smallest absolute Gasteiger partial charge is 0.227 e. The molecule has 1 fully saturated rings. The highest BCUT2D eigenvalue weighted by molar-refractivity contribution is 5.79. The van der Waals surface area contributed by atoms with Crippen LogP contribution in [0.25, 0.3) is 0 Å². The van der Waals surface area contributed by atoms with Crippen LogP contribution < -0.4 is 5.73 Å². The van der Waals surface area contributed by atoms with Gasteiger partial charge in [0.15, 0.2) is 0 Å². The zero-order valence-electron chi connectivity index (χ0n) is 11.4. The van der Waals surface area contributed by atoms with Crippen LogP contribution >= 0.6 is 0 Å². The van der Waals surface area contributed by atoms with Crippen LogP contribution in [0, 0.1) is 5.92 Å². The highest BCUT2D eigenvalue weighted by atomic mass is 16.5. The highest BCUT2D eigenvalue weighted by Crippen LogP contribution is 2.15. The van der Waals surface area contributed by atoms with Gasteiger partial charge in [-0.15, -0.1) is 0 Å². The lowest BCUT2D eigenvalue weighted by Gasteiger charge is -2.37. The highest BCUT2D eigenvalue weighted by Gasteiger charge is 2.29. The van der Waals surface area contributed by atoms with Gasteiger partial charge in [-0.2, -0.15) is 0 Å². The van der Waals surface area contributed by atoms with Gasteiger partial charge in [-0.05, 0) is 12.0 Å². The molecule has 1 aliphatic heterocycles. The van der Waals surface area contributed by atoms with Crippen molar-refractivity contribution in [2.24, 2.45) is 11.7 Å². The van der Waals surface area contributed by atoms with Gasteiger partial charge in [-0.25, -0.2) is 0 Å². The first-order chi connectivity index (χ1) is 9.22. The van der Waals surface area contributed by atoms with Gasteiger partial charge in [0.25, 0.3) is 0 Å². The number of nitrogens with zero attached hydrogens (tertiary/aromatic N) is 1. The first-order valence-corrected chi connectivity index (χ1v) is 6.84. The predicted molar refractivity (Wildman–Crippen MR) is 74.7 cm³/mol. The fourth-order valence-corrected chi connectivity index (χ4v) is 2.38. The first-order valence-electron chi connectivity index (χ1n) is 6.84. The summed E-state index contributed by atoms with van der Waals surface area (Å²) in [5.74, 6) is 0.0307. The SMILES string of the molecule is CC(CN)C(=O)N1CCOCC1Cc1ccccc1. The number of rotatable bonds is 4. The molecular formula is C15H22N2O2. The van der Waals surface area contributed by atoms with Crippen molar-refractivity contribution in [2.45, 2.75) is 19.4 Å². The number of morpholine rings is 1. The number of amides is 1. The van der Waals surface area contributed by atoms with Crippen LogP contribution in [0.4, 0.5) is 0 Å². The summed E-state index contributed by atoms with van der Waals surface area (Å²) in [4.78, 5) is 14.3. The summed E-state index contributed by atoms with van der Waals surface area (Å²) >= 11 is 0. The third-order valence-corrected chi connectivity index (χ3v) is 3.60. The van der Waals surface area contributed by atoms with Gasteiger partial charge < -0.3 is 15.4 Å². The molecule has 1 heterocycles. The van der Waals surface area contributed by atoms with Crippen molar-refractivity contribution in [3.8, 4) is 0 Å². The quantitative estimate of drug-likeness (QED) is 0.882. The van der Waals surface area contributed by atoms with Gasteiger partial charge in [0.1, 0.15) is 0 Å². The molecule has 19 heavy (non-hydrogen) atoms. The Balaban J connectivity index is 2.06. The Labute approximate surface area is 114 Å². The van der Waals surface area contributed by atoms with E-state index in [0.29, 0.717) is 26.3 Å². The zero-order valence-corrected chi connectivity index (χ0v) is 11.4. The molecule has 2 rings (SSSR count). The van der Waals surface area contributed by atoms with Gasteiger partial charge in [0.2, 0.25) is 5.91 Å². The number of carbonyl (C=O) groups is 1. The Kier molecular flexibility index (Phi) is 4.93. The molecule has 0 radical (unpaired) electrons. The van der Waals surface area contributed by atoms with Crippen LogP contribution in [0.1, 0.15) is 12.5 Å². The molecule has 0 saturated carbocycles. The van der Waals surface area contributed by atoms with Crippen molar-refractivity contribution in [3.05, 3.63) is 35.9 Å². The molecule has 1 aliphatic rings. The van der Waals surface area contributed by atoms with Crippen LogP contribution in [0.15, 0.2) is 30.3 Å². The largest absolute Gasteiger partial charge is 0.377 e. The summed E-state index contributed by atoms with van der Waals surface area (Å²) in [5.41, 5.74) is 6.83. The molecule has 1 aromatic carbocycles. The lowest BCUT2D eigenvalue weighted by Crippen LogP contribution is -2.52. The van der Waals surface area contributed by atoms with E-state index in [-0.39, 0.29) is 17.9 Å². The van der Waals surface area contributed by atoms with E-state index in [1.54, 1.807) is 0 Å². The maximum atomic E-state index is 12.3. The van der Waals surface area contributed by atoms with E-state index in [1.165, 1.54) is 5.56 Å². The molecule has 104 valence electrons. The van der Waals surface area contributed by atoms with Crippen molar-refractivity contribution < 1.29 is 9.53 Å². The van der Waals surface area contributed by atoms with Crippen LogP contribution in [0.3, 0.4) is 0 Å². The van der Waals surface area contributed by atoms with Crippen LogP contribution in [-0.2, 0) is 16.0 Å². The minimum absolute atomic E-state index is 0.114. The number of carbonyl (C=O) groups excluding carboxylic acids is 1. The summed E-state index contributed by atoms with van der Waals surface area (Å²) in [6, 6.07) is 10.3. The van der Waals surface area contributed by atoms with E-state index in [9.17, 15) is 4.79 Å². The first kappa shape index (κ1) is 14.0. The standard InChI is InChI=1S/C15H22N2O2/c1-12(10-16)15(18)17-7-8-19-11-14(17)9-13-5-3-2-4-6-13/h2-6,12,14H,7-11,16H2,1H3. The number of benzene rings is 1. The second-order valence-corrected chi connectivity index (χ2v) is 5.09. The topological polar surface area (TPSA) is 55.6 Å². The van der Waals surface area contributed by atoms with Gasteiger partial charge >= 0.3 is 0 Å². The van der Waals surface area contributed by atoms with Gasteiger partial charge in [-0.1, -0.05) is 37.3 Å². The maximum absolute atomic E-state index is 12.3.